The number of anilines is 1. The van der Waals surface area contributed by atoms with Gasteiger partial charge in [-0.25, -0.2) is 4.79 Å². The van der Waals surface area contributed by atoms with Crippen LogP contribution < -0.4 is 42.4 Å². The number of aromatic hydroxyl groups is 2. The Hall–Kier alpha value is -8.16. The van der Waals surface area contributed by atoms with Crippen LogP contribution in [0.25, 0.3) is 0 Å². The van der Waals surface area contributed by atoms with Crippen molar-refractivity contribution in [3.05, 3.63) is 137 Å². The van der Waals surface area contributed by atoms with Crippen molar-refractivity contribution in [1.82, 2.24) is 21.3 Å². The smallest absolute Gasteiger partial charge is 0.340 e. The van der Waals surface area contributed by atoms with Crippen LogP contribution in [0.15, 0.2) is 113 Å². The van der Waals surface area contributed by atoms with Gasteiger partial charge in [0.1, 0.15) is 29.0 Å². The predicted molar refractivity (Wildman–Crippen MR) is 277 cm³/mol. The van der Waals surface area contributed by atoms with E-state index in [0.717, 1.165) is 12.1 Å². The molecule has 1 spiro atoms. The Kier molecular flexibility index (Phi) is 17.8. The van der Waals surface area contributed by atoms with E-state index in [1.165, 1.54) is 30.3 Å². The number of ether oxygens (including phenoxy) is 2. The monoisotopic (exact) mass is 1010 g/mol. The molecule has 388 valence electrons. The van der Waals surface area contributed by atoms with Gasteiger partial charge in [0.05, 0.1) is 35.6 Å². The first-order valence-electron chi connectivity index (χ1n) is 24.8. The number of azo groups is 1. The van der Waals surface area contributed by atoms with Gasteiger partial charge in [-0.3, -0.25) is 29.3 Å². The van der Waals surface area contributed by atoms with Gasteiger partial charge in [0.2, 0.25) is 11.8 Å². The molecule has 2 heterocycles. The van der Waals surface area contributed by atoms with Gasteiger partial charge in [0.15, 0.2) is 11.4 Å². The summed E-state index contributed by atoms with van der Waals surface area (Å²) in [5, 5.41) is 40.5. The number of hydrogen-bond acceptors (Lipinski definition) is 15. The Morgan fingerprint density at radius 2 is 1.22 bits per heavy atom. The highest BCUT2D eigenvalue weighted by molar-refractivity contribution is 6.02. The van der Waals surface area contributed by atoms with E-state index in [1.807, 2.05) is 50.2 Å². The SMILES string of the molecule is CCCC[C@H](NC(=O)[C@@H](CCCCNC(=O)c1ccc(/N=N/c2ccc(N(C)C)cc2)cc1)NCC(=O)[C@@H](N)CCCCNC(=O)c1ccc2c(c1)C(=O)OC21c2ccc(O)cc2Oc2cc(O)ccc21)C(N)=O. The van der Waals surface area contributed by atoms with E-state index in [9.17, 15) is 39.0 Å². The average Bonchev–Trinajstić information content (AvgIpc) is 3.67. The molecule has 0 aliphatic carbocycles. The molecule has 0 fully saturated rings. The van der Waals surface area contributed by atoms with E-state index in [0.29, 0.717) is 91.5 Å². The second-order valence-corrected chi connectivity index (χ2v) is 18.6. The first kappa shape index (κ1) is 53.6. The second kappa shape index (κ2) is 24.5. The highest BCUT2D eigenvalue weighted by atomic mass is 16.6. The van der Waals surface area contributed by atoms with Crippen LogP contribution in [-0.2, 0) is 24.7 Å². The number of fused-ring (bicyclic) bond motifs is 6. The Bertz CT molecular complexity index is 2840. The molecule has 74 heavy (non-hydrogen) atoms. The van der Waals surface area contributed by atoms with Crippen molar-refractivity contribution >= 4 is 52.4 Å². The van der Waals surface area contributed by atoms with Gasteiger partial charge in [-0.15, -0.1) is 0 Å². The zero-order chi connectivity index (χ0) is 52.9. The number of nitrogens with two attached hydrogens (primary N) is 2. The minimum absolute atomic E-state index is 0.0677. The number of benzene rings is 5. The third-order valence-electron chi connectivity index (χ3n) is 13.0. The van der Waals surface area contributed by atoms with Crippen LogP contribution in [0.5, 0.6) is 23.0 Å². The number of unbranched alkanes of at least 4 members (excludes halogenated alkanes) is 3. The summed E-state index contributed by atoms with van der Waals surface area (Å²) in [7, 11) is 3.92. The van der Waals surface area contributed by atoms with Gasteiger partial charge in [-0.05, 0) is 130 Å². The lowest BCUT2D eigenvalue weighted by Crippen LogP contribution is -2.53. The molecule has 5 aromatic carbocycles. The molecule has 10 N–H and O–H groups in total. The molecule has 0 bridgehead atoms. The number of esters is 1. The van der Waals surface area contributed by atoms with Gasteiger partial charge < -0.3 is 52.0 Å². The molecule has 0 unspecified atom stereocenters. The average molecular weight is 1010 g/mol. The second-order valence-electron chi connectivity index (χ2n) is 18.6. The van der Waals surface area contributed by atoms with Gasteiger partial charge in [-0.1, -0.05) is 25.8 Å². The van der Waals surface area contributed by atoms with Crippen molar-refractivity contribution < 1.29 is 48.5 Å². The molecule has 0 saturated carbocycles. The van der Waals surface area contributed by atoms with Crippen LogP contribution in [-0.4, -0.2) is 97.4 Å². The number of phenols is 2. The number of phenolic OH excluding ortho intramolecular Hbond substituents is 2. The maximum Gasteiger partial charge on any atom is 0.340 e. The Labute approximate surface area is 429 Å². The van der Waals surface area contributed by atoms with Crippen LogP contribution in [0.4, 0.5) is 17.1 Å². The number of hydrogen-bond donors (Lipinski definition) is 8. The number of carbonyl (C=O) groups excluding carboxylic acids is 6. The third-order valence-corrected chi connectivity index (χ3v) is 13.0. The van der Waals surface area contributed by atoms with Gasteiger partial charge >= 0.3 is 5.97 Å². The predicted octanol–water partition coefficient (Wildman–Crippen LogP) is 6.66. The van der Waals surface area contributed by atoms with E-state index < -0.39 is 47.4 Å². The number of rotatable bonds is 25. The number of amides is 4. The molecule has 0 aromatic heterocycles. The molecule has 0 radical (unpaired) electrons. The van der Waals surface area contributed by atoms with E-state index in [2.05, 4.69) is 31.5 Å². The summed E-state index contributed by atoms with van der Waals surface area (Å²) in [5.74, 6) is -2.48. The maximum atomic E-state index is 13.5. The first-order valence-corrected chi connectivity index (χ1v) is 24.8. The van der Waals surface area contributed by atoms with Crippen LogP contribution in [0.3, 0.4) is 0 Å². The topological polar surface area (TPSA) is 289 Å². The third kappa shape index (κ3) is 12.9. The summed E-state index contributed by atoms with van der Waals surface area (Å²) in [6.45, 7) is 2.33. The fourth-order valence-corrected chi connectivity index (χ4v) is 8.84. The van der Waals surface area contributed by atoms with Crippen molar-refractivity contribution in [2.75, 3.05) is 38.6 Å². The summed E-state index contributed by atoms with van der Waals surface area (Å²) < 4.78 is 12.1. The largest absolute Gasteiger partial charge is 0.508 e. The Morgan fingerprint density at radius 1 is 0.676 bits per heavy atom. The molecule has 2 aliphatic heterocycles. The van der Waals surface area contributed by atoms with Gasteiger partial charge in [0.25, 0.3) is 11.8 Å². The van der Waals surface area contributed by atoms with Crippen LogP contribution >= 0.6 is 0 Å². The quantitative estimate of drug-likeness (QED) is 0.0173. The molecular formula is C55H63N9O10. The van der Waals surface area contributed by atoms with Crippen molar-refractivity contribution in [2.45, 2.75) is 88.4 Å². The number of primary amides is 1. The van der Waals surface area contributed by atoms with Crippen LogP contribution in [0.1, 0.15) is 112 Å². The van der Waals surface area contributed by atoms with Crippen LogP contribution in [0, 0.1) is 0 Å². The zero-order valence-corrected chi connectivity index (χ0v) is 41.7. The van der Waals surface area contributed by atoms with Gasteiger partial charge in [0, 0.05) is 72.8 Å². The lowest BCUT2D eigenvalue weighted by Gasteiger charge is -2.36. The number of nitrogens with zero attached hydrogens (tertiary/aromatic N) is 3. The summed E-state index contributed by atoms with van der Waals surface area (Å²) in [6, 6.07) is 25.4. The van der Waals surface area contributed by atoms with E-state index in [-0.39, 0.29) is 58.9 Å². The lowest BCUT2D eigenvalue weighted by atomic mass is 9.77. The summed E-state index contributed by atoms with van der Waals surface area (Å²) in [6.07, 6.45) is 4.45. The van der Waals surface area contributed by atoms with Crippen molar-refractivity contribution in [3.8, 4) is 23.0 Å². The molecule has 19 heteroatoms. The summed E-state index contributed by atoms with van der Waals surface area (Å²) in [4.78, 5) is 80.7. The number of Topliss-reactive ketones (excluding diaryl/α,β-unsaturated/α-hetero) is 1. The highest BCUT2D eigenvalue weighted by Gasteiger charge is 2.54. The number of nitrogens with one attached hydrogen (secondary N) is 4. The highest BCUT2D eigenvalue weighted by Crippen LogP contribution is 2.57. The molecule has 3 atom stereocenters. The summed E-state index contributed by atoms with van der Waals surface area (Å²) >= 11 is 0. The fourth-order valence-electron chi connectivity index (χ4n) is 8.84. The maximum absolute atomic E-state index is 13.5. The minimum atomic E-state index is -1.46. The number of ketones is 1. The summed E-state index contributed by atoms with van der Waals surface area (Å²) in [5.41, 5.74) is 15.0. The standard InChI is InChI=1S/C55H63N9O10/c1-4-5-11-45(50(57)68)61-53(71)46(12-7-9-28-58-51(69)33-13-16-35(17-14-33)62-63-36-18-20-37(21-19-36)64(2)3)60-32-47(67)44(56)10-6-8-27-59-52(70)34-15-24-41-40(29-34)54(72)74-55(41)42-25-22-38(65)30-48(42)73-49-31-39(66)23-26-43(49)55/h13-26,29-31,44-46,60,65-66H,4-12,27-28,32,56H2,1-3H3,(H2,57,68)(H,58,69)(H,59,70)(H,61,71)/b63-62+/t44-,45-,46+/m0/s1. The first-order chi connectivity index (χ1) is 35.6. The molecule has 7 rings (SSSR count). The van der Waals surface area contributed by atoms with Crippen molar-refractivity contribution in [2.24, 2.45) is 21.7 Å². The minimum Gasteiger partial charge on any atom is -0.508 e. The van der Waals surface area contributed by atoms with Crippen LogP contribution in [0.2, 0.25) is 0 Å². The van der Waals surface area contributed by atoms with E-state index in [4.69, 9.17) is 20.9 Å². The van der Waals surface area contributed by atoms with Crippen molar-refractivity contribution in [1.29, 1.82) is 0 Å². The van der Waals surface area contributed by atoms with E-state index >= 15 is 0 Å². The van der Waals surface area contributed by atoms with Gasteiger partial charge in [-0.2, -0.15) is 10.2 Å². The fraction of sp³-hybridized carbons (Fsp3) is 0.345. The zero-order valence-electron chi connectivity index (χ0n) is 41.7. The molecule has 0 saturated heterocycles. The normalized spacial score (nSPS) is 14.1. The lowest BCUT2D eigenvalue weighted by molar-refractivity contribution is -0.129. The molecule has 2 aliphatic rings. The van der Waals surface area contributed by atoms with E-state index in [1.54, 1.807) is 48.5 Å². The number of carbonyl (C=O) groups is 6. The van der Waals surface area contributed by atoms with Crippen molar-refractivity contribution in [3.63, 3.8) is 0 Å². The Balaban J connectivity index is 0.866. The molecule has 19 nitrogen and oxygen atoms in total. The Morgan fingerprint density at radius 3 is 1.80 bits per heavy atom. The molecule has 4 amide bonds. The molecular weight excluding hydrogens is 947 g/mol. The molecule has 5 aromatic rings.